The Bertz CT molecular complexity index is 1630. The number of nitrogens with zero attached hydrogens (tertiary/aromatic N) is 6. The van der Waals surface area contributed by atoms with Gasteiger partial charge in [0.25, 0.3) is 0 Å². The van der Waals surface area contributed by atoms with E-state index in [2.05, 4.69) is 32.7 Å². The lowest BCUT2D eigenvalue weighted by atomic mass is 9.93. The van der Waals surface area contributed by atoms with Gasteiger partial charge in [-0.15, -0.1) is 5.10 Å². The zero-order valence-corrected chi connectivity index (χ0v) is 26.5. The topological polar surface area (TPSA) is 113 Å². The Morgan fingerprint density at radius 1 is 1.00 bits per heavy atom. The molecule has 1 saturated heterocycles. The van der Waals surface area contributed by atoms with E-state index in [1.54, 1.807) is 27.9 Å². The molecule has 45 heavy (non-hydrogen) atoms. The van der Waals surface area contributed by atoms with Gasteiger partial charge in [0, 0.05) is 48.5 Å². The largest absolute Gasteiger partial charge is 0.453 e. The number of rotatable bonds is 3. The molecule has 0 radical (unpaired) electrons. The lowest BCUT2D eigenvalue weighted by molar-refractivity contribution is -0.129. The molecule has 2 aromatic carbocycles. The lowest BCUT2D eigenvalue weighted by Crippen LogP contribution is -2.60. The van der Waals surface area contributed by atoms with Crippen LogP contribution in [0.5, 0.6) is 0 Å². The zero-order chi connectivity index (χ0) is 31.5. The van der Waals surface area contributed by atoms with Crippen LogP contribution in [0.4, 0.5) is 10.5 Å². The molecule has 1 fully saturated rings. The van der Waals surface area contributed by atoms with Crippen LogP contribution in [0.25, 0.3) is 11.3 Å². The van der Waals surface area contributed by atoms with Crippen molar-refractivity contribution < 1.29 is 19.1 Å². The number of carbonyl (C=O) groups excluding carboxylic acids is 3. The lowest BCUT2D eigenvalue weighted by Gasteiger charge is -2.41. The Hall–Kier alpha value is -4.09. The number of halogens is 2. The van der Waals surface area contributed by atoms with Crippen LogP contribution >= 0.6 is 23.2 Å². The normalized spacial score (nSPS) is 21.1. The van der Waals surface area contributed by atoms with Crippen LogP contribution in [0.2, 0.25) is 10.2 Å². The van der Waals surface area contributed by atoms with Crippen LogP contribution in [0.3, 0.4) is 0 Å². The third-order valence-electron chi connectivity index (χ3n) is 8.75. The molecule has 1 aromatic heterocycles. The summed E-state index contributed by atoms with van der Waals surface area (Å²) in [5.41, 5.74) is 4.33. The van der Waals surface area contributed by atoms with Gasteiger partial charge in [0.15, 0.2) is 5.15 Å². The molecule has 1 N–H and O–H groups in total. The second kappa shape index (κ2) is 13.5. The van der Waals surface area contributed by atoms with Crippen molar-refractivity contribution >= 4 is 52.4 Å². The minimum Gasteiger partial charge on any atom is -0.453 e. The van der Waals surface area contributed by atoms with Crippen molar-refractivity contribution in [2.45, 2.75) is 44.2 Å². The highest BCUT2D eigenvalue weighted by molar-refractivity contribution is 6.31. The molecule has 2 atom stereocenters. The number of hydrogen-bond donors (Lipinski definition) is 1. The average molecular weight is 653 g/mol. The summed E-state index contributed by atoms with van der Waals surface area (Å²) in [4.78, 5) is 45.1. The van der Waals surface area contributed by atoms with Crippen molar-refractivity contribution in [3.8, 4) is 5.69 Å². The first-order valence-electron chi connectivity index (χ1n) is 15.2. The van der Waals surface area contributed by atoms with E-state index in [0.717, 1.165) is 53.8 Å². The molecule has 4 heterocycles. The quantitative estimate of drug-likeness (QED) is 0.430. The van der Waals surface area contributed by atoms with E-state index in [1.807, 2.05) is 29.2 Å². The summed E-state index contributed by atoms with van der Waals surface area (Å²) in [6, 6.07) is 12.9. The fraction of sp³-hybridized carbons (Fsp3) is 0.406. The maximum absolute atomic E-state index is 13.9. The summed E-state index contributed by atoms with van der Waals surface area (Å²) >= 11 is 12.4. The molecule has 0 saturated carbocycles. The van der Waals surface area contributed by atoms with E-state index < -0.39 is 12.1 Å². The highest BCUT2D eigenvalue weighted by Gasteiger charge is 2.36. The van der Waals surface area contributed by atoms with Crippen molar-refractivity contribution in [2.75, 3.05) is 44.7 Å². The van der Waals surface area contributed by atoms with Crippen molar-refractivity contribution in [3.63, 3.8) is 0 Å². The Balaban J connectivity index is 1.30. The number of piperazine rings is 1. The van der Waals surface area contributed by atoms with Crippen molar-refractivity contribution in [3.05, 3.63) is 76.0 Å². The van der Waals surface area contributed by atoms with Crippen molar-refractivity contribution in [1.29, 1.82) is 0 Å². The Morgan fingerprint density at radius 2 is 1.87 bits per heavy atom. The molecule has 0 aliphatic carbocycles. The predicted molar refractivity (Wildman–Crippen MR) is 171 cm³/mol. The van der Waals surface area contributed by atoms with Crippen LogP contribution < -0.4 is 10.2 Å². The highest BCUT2D eigenvalue weighted by atomic mass is 35.5. The summed E-state index contributed by atoms with van der Waals surface area (Å²) in [5.74, 6) is -0.179. The Kier molecular flexibility index (Phi) is 9.27. The maximum atomic E-state index is 13.9. The number of benzene rings is 2. The van der Waals surface area contributed by atoms with Gasteiger partial charge in [0.2, 0.25) is 11.8 Å². The number of fused-ring (bicyclic) bond motifs is 4. The average Bonchev–Trinajstić information content (AvgIpc) is 3.49. The van der Waals surface area contributed by atoms with Gasteiger partial charge in [0.05, 0.1) is 31.6 Å². The third-order valence-corrected chi connectivity index (χ3v) is 9.16. The number of anilines is 1. The van der Waals surface area contributed by atoms with Gasteiger partial charge >= 0.3 is 6.09 Å². The minimum atomic E-state index is -0.554. The van der Waals surface area contributed by atoms with Gasteiger partial charge in [-0.1, -0.05) is 53.4 Å². The molecule has 11 nitrogen and oxygen atoms in total. The second-order valence-corrected chi connectivity index (χ2v) is 12.3. The molecule has 3 aromatic rings. The minimum absolute atomic E-state index is 0.0695. The van der Waals surface area contributed by atoms with Gasteiger partial charge in [-0.25, -0.2) is 9.48 Å². The van der Waals surface area contributed by atoms with Gasteiger partial charge in [-0.2, -0.15) is 0 Å². The van der Waals surface area contributed by atoms with E-state index in [4.69, 9.17) is 27.9 Å². The first-order chi connectivity index (χ1) is 21.8. The van der Waals surface area contributed by atoms with E-state index in [1.165, 1.54) is 7.11 Å². The third kappa shape index (κ3) is 6.64. The molecular formula is C32H35Cl2N7O4. The summed E-state index contributed by atoms with van der Waals surface area (Å²) in [6.45, 7) is 2.24. The molecule has 13 heteroatoms. The molecule has 3 amide bonds. The standard InChI is InChI=1S/C32H35Cl2N7O4/c1-45-32(44)38-14-15-39-24-7-5-6-22(16-24)26(8-3-2-4-12-35-31(43)28(39)19-38)40-13-11-21(17-30(40)42)25-18-23(33)9-10-27(25)41-20-29(34)36-37-41/h5-7,9-10,16-18,20,26,28H,2-4,8,11-15,19H2,1H3,(H,35,43)/t26-,28+/m0/s1. The summed E-state index contributed by atoms with van der Waals surface area (Å²) in [7, 11) is 1.35. The van der Waals surface area contributed by atoms with E-state index in [-0.39, 0.29) is 29.6 Å². The molecule has 236 valence electrons. The van der Waals surface area contributed by atoms with Crippen LogP contribution in [-0.4, -0.2) is 88.6 Å². The highest BCUT2D eigenvalue weighted by Crippen LogP contribution is 2.36. The van der Waals surface area contributed by atoms with Gasteiger partial charge in [0.1, 0.15) is 6.04 Å². The predicted octanol–water partition coefficient (Wildman–Crippen LogP) is 4.88. The van der Waals surface area contributed by atoms with E-state index in [0.29, 0.717) is 37.6 Å². The van der Waals surface area contributed by atoms with Gasteiger partial charge < -0.3 is 24.8 Å². The van der Waals surface area contributed by atoms with Gasteiger partial charge in [-0.3, -0.25) is 9.59 Å². The molecule has 0 unspecified atom stereocenters. The molecule has 3 aliphatic heterocycles. The van der Waals surface area contributed by atoms with Crippen LogP contribution in [0.1, 0.15) is 49.3 Å². The fourth-order valence-corrected chi connectivity index (χ4v) is 6.80. The number of aromatic nitrogens is 3. The fourth-order valence-electron chi connectivity index (χ4n) is 6.50. The number of hydrogen-bond acceptors (Lipinski definition) is 7. The number of nitrogens with one attached hydrogen (secondary N) is 1. The number of ether oxygens (including phenoxy) is 1. The zero-order valence-electron chi connectivity index (χ0n) is 25.0. The molecular weight excluding hydrogens is 617 g/mol. The smallest absolute Gasteiger partial charge is 0.409 e. The van der Waals surface area contributed by atoms with Crippen molar-refractivity contribution in [2.24, 2.45) is 0 Å². The Labute approximate surface area is 271 Å². The van der Waals surface area contributed by atoms with Crippen LogP contribution in [-0.2, 0) is 14.3 Å². The number of carbonyl (C=O) groups is 3. The van der Waals surface area contributed by atoms with Crippen molar-refractivity contribution in [1.82, 2.24) is 30.1 Å². The summed E-state index contributed by atoms with van der Waals surface area (Å²) < 4.78 is 6.53. The summed E-state index contributed by atoms with van der Waals surface area (Å²) in [5, 5.41) is 11.9. The Morgan fingerprint density at radius 3 is 2.64 bits per heavy atom. The first-order valence-corrected chi connectivity index (χ1v) is 15.9. The summed E-state index contributed by atoms with van der Waals surface area (Å²) in [6.07, 6.45) is 6.95. The number of amides is 3. The SMILES string of the molecule is COC(=O)N1CCN2c3cccc(c3)[C@@H](N3CCC(c4cc(Cl)ccc4-n4cc(Cl)nn4)=CC3=O)CCCCCNC(=O)[C@H]2C1. The van der Waals surface area contributed by atoms with Gasteiger partial charge in [-0.05, 0) is 60.7 Å². The van der Waals surface area contributed by atoms with E-state index >= 15 is 0 Å². The molecule has 6 rings (SSSR count). The molecule has 3 aliphatic rings. The maximum Gasteiger partial charge on any atom is 0.409 e. The number of methoxy groups -OCH3 is 1. The molecule has 0 spiro atoms. The molecule has 2 bridgehead atoms. The second-order valence-electron chi connectivity index (χ2n) is 11.5. The van der Waals surface area contributed by atoms with Crippen LogP contribution in [0.15, 0.2) is 54.7 Å². The van der Waals surface area contributed by atoms with E-state index in [9.17, 15) is 14.4 Å². The van der Waals surface area contributed by atoms with Crippen LogP contribution in [0, 0.1) is 0 Å². The first kappa shape index (κ1) is 30.9. The monoisotopic (exact) mass is 651 g/mol.